The van der Waals surface area contributed by atoms with E-state index in [4.69, 9.17) is 10.8 Å². The number of fused-ring (bicyclic) bond motifs is 2. The Bertz CT molecular complexity index is 888. The molecule has 4 N–H and O–H groups in total. The molecule has 0 atom stereocenters. The minimum Gasteiger partial charge on any atom is -0.507 e. The molecule has 3 rings (SSSR count). The number of carbonyl (C=O) groups is 3. The van der Waals surface area contributed by atoms with Gasteiger partial charge in [-0.3, -0.25) is 9.59 Å². The van der Waals surface area contributed by atoms with Gasteiger partial charge >= 0.3 is 5.97 Å². The highest BCUT2D eigenvalue weighted by atomic mass is 79.9. The molecule has 0 fully saturated rings. The highest BCUT2D eigenvalue weighted by Crippen LogP contribution is 2.40. The molecule has 2 aromatic carbocycles. The number of benzene rings is 2. The molecule has 0 aliphatic heterocycles. The number of hydrogen-bond donors (Lipinski definition) is 3. The first kappa shape index (κ1) is 14.3. The average molecular weight is 362 g/mol. The van der Waals surface area contributed by atoms with Crippen molar-refractivity contribution >= 4 is 39.2 Å². The van der Waals surface area contributed by atoms with E-state index in [0.29, 0.717) is 0 Å². The second kappa shape index (κ2) is 4.67. The molecule has 0 saturated carbocycles. The van der Waals surface area contributed by atoms with E-state index in [-0.39, 0.29) is 43.7 Å². The zero-order chi connectivity index (χ0) is 16.2. The lowest BCUT2D eigenvalue weighted by Crippen LogP contribution is -2.23. The predicted molar refractivity (Wildman–Crippen MR) is 80.5 cm³/mol. The van der Waals surface area contributed by atoms with Gasteiger partial charge in [-0.25, -0.2) is 4.79 Å². The molecule has 1 aliphatic rings. The average Bonchev–Trinajstić information content (AvgIpc) is 2.47. The molecule has 110 valence electrons. The van der Waals surface area contributed by atoms with Crippen molar-refractivity contribution in [2.75, 3.05) is 5.73 Å². The van der Waals surface area contributed by atoms with Crippen molar-refractivity contribution in [3.8, 4) is 5.75 Å². The number of anilines is 1. The number of halogens is 1. The highest BCUT2D eigenvalue weighted by Gasteiger charge is 2.35. The van der Waals surface area contributed by atoms with Gasteiger partial charge in [-0.1, -0.05) is 0 Å². The summed E-state index contributed by atoms with van der Waals surface area (Å²) in [6.07, 6.45) is 0. The lowest BCUT2D eigenvalue weighted by atomic mass is 9.82. The molecule has 0 saturated heterocycles. The number of ketones is 2. The predicted octanol–water partition coefficient (Wildman–Crippen LogP) is 2.21. The van der Waals surface area contributed by atoms with Gasteiger partial charge in [-0.2, -0.15) is 0 Å². The summed E-state index contributed by atoms with van der Waals surface area (Å²) >= 11 is 3.11. The van der Waals surface area contributed by atoms with Crippen LogP contribution in [0.15, 0.2) is 28.7 Å². The van der Waals surface area contributed by atoms with Crippen LogP contribution in [0.2, 0.25) is 0 Å². The fraction of sp³-hybridized carbons (Fsp3) is 0. The second-order valence-corrected chi connectivity index (χ2v) is 5.62. The van der Waals surface area contributed by atoms with Gasteiger partial charge in [0.2, 0.25) is 0 Å². The Balaban J connectivity index is 2.35. The molecule has 7 heteroatoms. The van der Waals surface area contributed by atoms with Crippen LogP contribution in [-0.2, 0) is 0 Å². The smallest absolute Gasteiger partial charge is 0.335 e. The molecule has 0 amide bonds. The van der Waals surface area contributed by atoms with E-state index in [1.807, 2.05) is 0 Å². The summed E-state index contributed by atoms with van der Waals surface area (Å²) in [5, 5.41) is 19.0. The van der Waals surface area contributed by atoms with Crippen LogP contribution in [0.5, 0.6) is 5.75 Å². The molecule has 0 unspecified atom stereocenters. The van der Waals surface area contributed by atoms with Crippen LogP contribution in [0.1, 0.15) is 42.2 Å². The topological polar surface area (TPSA) is 118 Å². The third kappa shape index (κ3) is 1.82. The SMILES string of the molecule is Nc1c(Br)cc(O)c2c1C(=O)c1cc(C(=O)O)ccc1C2=O. The van der Waals surface area contributed by atoms with E-state index in [9.17, 15) is 19.5 Å². The van der Waals surface area contributed by atoms with Crippen LogP contribution in [0, 0.1) is 0 Å². The van der Waals surface area contributed by atoms with Crippen molar-refractivity contribution in [3.63, 3.8) is 0 Å². The Labute approximate surface area is 132 Å². The van der Waals surface area contributed by atoms with Gasteiger partial charge in [0, 0.05) is 15.6 Å². The molecule has 0 heterocycles. The zero-order valence-electron chi connectivity index (χ0n) is 10.9. The Kier molecular flexibility index (Phi) is 3.03. The molecule has 0 bridgehead atoms. The number of aromatic carboxylic acids is 1. The van der Waals surface area contributed by atoms with Crippen LogP contribution in [-0.4, -0.2) is 27.7 Å². The summed E-state index contributed by atoms with van der Waals surface area (Å²) in [5.74, 6) is -2.73. The van der Waals surface area contributed by atoms with Gasteiger partial charge in [0.25, 0.3) is 0 Å². The number of phenolic OH excluding ortho intramolecular Hbond substituents is 1. The summed E-state index contributed by atoms with van der Waals surface area (Å²) in [4.78, 5) is 36.1. The number of aromatic hydroxyl groups is 1. The summed E-state index contributed by atoms with van der Waals surface area (Å²) in [6, 6.07) is 4.88. The van der Waals surface area contributed by atoms with Gasteiger partial charge in [0.15, 0.2) is 11.6 Å². The van der Waals surface area contributed by atoms with Gasteiger partial charge in [-0.05, 0) is 40.2 Å². The number of carboxylic acids is 1. The number of carbonyl (C=O) groups excluding carboxylic acids is 2. The third-order valence-corrected chi connectivity index (χ3v) is 4.16. The number of rotatable bonds is 1. The number of nitrogens with two attached hydrogens (primary N) is 1. The maximum atomic E-state index is 12.6. The van der Waals surface area contributed by atoms with E-state index in [2.05, 4.69) is 15.9 Å². The van der Waals surface area contributed by atoms with Crippen molar-refractivity contribution in [2.24, 2.45) is 0 Å². The van der Waals surface area contributed by atoms with Crippen LogP contribution in [0.25, 0.3) is 0 Å². The van der Waals surface area contributed by atoms with E-state index in [0.717, 1.165) is 6.07 Å². The molecule has 6 nitrogen and oxygen atoms in total. The lowest BCUT2D eigenvalue weighted by Gasteiger charge is -2.20. The monoisotopic (exact) mass is 361 g/mol. The first-order valence-corrected chi connectivity index (χ1v) is 6.90. The van der Waals surface area contributed by atoms with Crippen molar-refractivity contribution in [1.82, 2.24) is 0 Å². The summed E-state index contributed by atoms with van der Waals surface area (Å²) in [6.45, 7) is 0. The fourth-order valence-electron chi connectivity index (χ4n) is 2.45. The summed E-state index contributed by atoms with van der Waals surface area (Å²) in [5.41, 5.74) is 5.46. The van der Waals surface area contributed by atoms with Gasteiger partial charge in [0.1, 0.15) is 5.75 Å². The van der Waals surface area contributed by atoms with Crippen molar-refractivity contribution in [1.29, 1.82) is 0 Å². The van der Waals surface area contributed by atoms with Crippen molar-refractivity contribution in [2.45, 2.75) is 0 Å². The molecule has 1 aliphatic carbocycles. The number of hydrogen-bond acceptors (Lipinski definition) is 5. The van der Waals surface area contributed by atoms with E-state index < -0.39 is 17.5 Å². The minimum absolute atomic E-state index is 0.0255. The Morgan fingerprint density at radius 3 is 2.32 bits per heavy atom. The minimum atomic E-state index is -1.21. The van der Waals surface area contributed by atoms with Gasteiger partial charge < -0.3 is 15.9 Å². The number of nitrogen functional groups attached to an aromatic ring is 1. The Hall–Kier alpha value is -2.67. The van der Waals surface area contributed by atoms with Gasteiger partial charge in [0.05, 0.1) is 22.4 Å². The zero-order valence-corrected chi connectivity index (χ0v) is 12.5. The van der Waals surface area contributed by atoms with E-state index in [1.165, 1.54) is 18.2 Å². The number of carboxylic acid groups (broad SMARTS) is 1. The molecule has 0 aromatic heterocycles. The van der Waals surface area contributed by atoms with E-state index in [1.54, 1.807) is 0 Å². The molecule has 0 radical (unpaired) electrons. The summed E-state index contributed by atoms with van der Waals surface area (Å²) in [7, 11) is 0. The molecular weight excluding hydrogens is 354 g/mol. The first-order valence-electron chi connectivity index (χ1n) is 6.10. The molecule has 0 spiro atoms. The molecule has 22 heavy (non-hydrogen) atoms. The molecular formula is C15H8BrNO5. The van der Waals surface area contributed by atoms with Crippen molar-refractivity contribution < 1.29 is 24.6 Å². The maximum Gasteiger partial charge on any atom is 0.335 e. The fourth-order valence-corrected chi connectivity index (χ4v) is 2.87. The normalized spacial score (nSPS) is 12.8. The lowest BCUT2D eigenvalue weighted by molar-refractivity contribution is 0.0696. The Morgan fingerprint density at radius 1 is 1.05 bits per heavy atom. The first-order chi connectivity index (χ1) is 10.3. The Morgan fingerprint density at radius 2 is 1.68 bits per heavy atom. The second-order valence-electron chi connectivity index (χ2n) is 4.76. The van der Waals surface area contributed by atoms with Crippen LogP contribution >= 0.6 is 15.9 Å². The quantitative estimate of drug-likeness (QED) is 0.451. The third-order valence-electron chi connectivity index (χ3n) is 3.51. The highest BCUT2D eigenvalue weighted by molar-refractivity contribution is 9.10. The maximum absolute atomic E-state index is 12.6. The van der Waals surface area contributed by atoms with Crippen LogP contribution in [0.3, 0.4) is 0 Å². The van der Waals surface area contributed by atoms with E-state index >= 15 is 0 Å². The summed E-state index contributed by atoms with van der Waals surface area (Å²) < 4.78 is 0.280. The van der Waals surface area contributed by atoms with Crippen LogP contribution < -0.4 is 5.73 Å². The van der Waals surface area contributed by atoms with Crippen LogP contribution in [0.4, 0.5) is 5.69 Å². The largest absolute Gasteiger partial charge is 0.507 e. The van der Waals surface area contributed by atoms with Crippen molar-refractivity contribution in [3.05, 3.63) is 56.6 Å². The molecule has 2 aromatic rings. The number of phenols is 1. The standard InChI is InChI=1S/C15H8BrNO5/c16-8-4-9(18)10-11(12(8)17)14(20)7-3-5(15(21)22)1-2-6(7)13(10)19/h1-4,18H,17H2,(H,21,22). The van der Waals surface area contributed by atoms with Gasteiger partial charge in [-0.15, -0.1) is 0 Å².